The van der Waals surface area contributed by atoms with E-state index in [-0.39, 0.29) is 0 Å². The second kappa shape index (κ2) is 5.92. The van der Waals surface area contributed by atoms with Crippen molar-refractivity contribution in [3.8, 4) is 0 Å². The Labute approximate surface area is 114 Å². The van der Waals surface area contributed by atoms with E-state index < -0.39 is 0 Å². The maximum Gasteiger partial charge on any atom is 0.0126 e. The smallest absolute Gasteiger partial charge is 0.0126 e. The van der Waals surface area contributed by atoms with Gasteiger partial charge in [-0.1, -0.05) is 13.3 Å². The maximum absolute atomic E-state index is 2.77. The van der Waals surface area contributed by atoms with Crippen molar-refractivity contribution < 1.29 is 0 Å². The highest BCUT2D eigenvalue weighted by Crippen LogP contribution is 2.30. The van der Waals surface area contributed by atoms with E-state index in [1.165, 1.54) is 58.3 Å². The lowest BCUT2D eigenvalue weighted by Gasteiger charge is -2.46. The Balaban J connectivity index is 1.77. The summed E-state index contributed by atoms with van der Waals surface area (Å²) < 4.78 is 0. The zero-order valence-corrected chi connectivity index (χ0v) is 12.9. The predicted molar refractivity (Wildman–Crippen MR) is 78.9 cm³/mol. The van der Waals surface area contributed by atoms with Gasteiger partial charge in [0, 0.05) is 37.8 Å². The van der Waals surface area contributed by atoms with E-state index in [4.69, 9.17) is 0 Å². The molecule has 0 aromatic carbocycles. The van der Waals surface area contributed by atoms with Gasteiger partial charge in [0.15, 0.2) is 0 Å². The predicted octanol–water partition coefficient (Wildman–Crippen LogP) is 3.37. The highest BCUT2D eigenvalue weighted by molar-refractivity contribution is 4.86. The molecule has 0 amide bonds. The van der Waals surface area contributed by atoms with Gasteiger partial charge in [0.05, 0.1) is 0 Å². The van der Waals surface area contributed by atoms with Gasteiger partial charge < -0.3 is 0 Å². The summed E-state index contributed by atoms with van der Waals surface area (Å²) in [7, 11) is 0. The molecule has 0 aromatic heterocycles. The number of rotatable bonds is 2. The number of hydrogen-bond acceptors (Lipinski definition) is 2. The van der Waals surface area contributed by atoms with Crippen molar-refractivity contribution in [3.05, 3.63) is 0 Å². The molecule has 1 heterocycles. The molecule has 0 bridgehead atoms. The average molecular weight is 252 g/mol. The lowest BCUT2D eigenvalue weighted by Crippen LogP contribution is -2.56. The minimum Gasteiger partial charge on any atom is -0.298 e. The minimum atomic E-state index is 0.353. The van der Waals surface area contributed by atoms with Gasteiger partial charge in [0.25, 0.3) is 0 Å². The molecule has 0 N–H and O–H groups in total. The normalized spacial score (nSPS) is 32.7. The summed E-state index contributed by atoms with van der Waals surface area (Å²) in [5, 5.41) is 0. The lowest BCUT2D eigenvalue weighted by molar-refractivity contribution is 0.0289. The molecule has 0 spiro atoms. The fourth-order valence-electron chi connectivity index (χ4n) is 3.68. The molecular weight excluding hydrogens is 220 g/mol. The van der Waals surface area contributed by atoms with Crippen LogP contribution < -0.4 is 0 Å². The number of hydrogen-bond donors (Lipinski definition) is 0. The van der Waals surface area contributed by atoms with Crippen LogP contribution in [0.2, 0.25) is 0 Å². The highest BCUT2D eigenvalue weighted by atomic mass is 15.3. The summed E-state index contributed by atoms with van der Waals surface area (Å²) >= 11 is 0. The molecule has 2 rings (SSSR count). The quantitative estimate of drug-likeness (QED) is 0.743. The van der Waals surface area contributed by atoms with E-state index in [0.29, 0.717) is 5.54 Å². The second-order valence-corrected chi connectivity index (χ2v) is 7.28. The Hall–Kier alpha value is -0.0800. The van der Waals surface area contributed by atoms with Crippen molar-refractivity contribution in [2.45, 2.75) is 71.4 Å². The van der Waals surface area contributed by atoms with Gasteiger partial charge in [-0.25, -0.2) is 0 Å². The van der Waals surface area contributed by atoms with E-state index in [1.807, 2.05) is 0 Å². The topological polar surface area (TPSA) is 6.48 Å². The van der Waals surface area contributed by atoms with Crippen LogP contribution in [0.5, 0.6) is 0 Å². The molecule has 1 aliphatic heterocycles. The maximum atomic E-state index is 2.77. The molecule has 2 heteroatoms. The Morgan fingerprint density at radius 1 is 0.889 bits per heavy atom. The molecule has 1 saturated heterocycles. The molecule has 0 aromatic rings. The van der Waals surface area contributed by atoms with Crippen LogP contribution in [0, 0.1) is 5.92 Å². The van der Waals surface area contributed by atoms with Gasteiger partial charge in [0.2, 0.25) is 0 Å². The Morgan fingerprint density at radius 2 is 1.44 bits per heavy atom. The summed E-state index contributed by atoms with van der Waals surface area (Å²) in [4.78, 5) is 5.41. The van der Waals surface area contributed by atoms with Gasteiger partial charge in [-0.05, 0) is 52.4 Å². The van der Waals surface area contributed by atoms with Crippen LogP contribution in [0.4, 0.5) is 0 Å². The standard InChI is InChI=1S/C16H32N2/c1-5-14-6-8-15(9-7-14)17-10-12-18(13-11-17)16(2,3)4/h14-15H,5-13H2,1-4H3. The molecule has 1 saturated carbocycles. The Morgan fingerprint density at radius 3 is 1.89 bits per heavy atom. The highest BCUT2D eigenvalue weighted by Gasteiger charge is 2.30. The molecule has 2 nitrogen and oxygen atoms in total. The van der Waals surface area contributed by atoms with E-state index in [2.05, 4.69) is 37.5 Å². The summed E-state index contributed by atoms with van der Waals surface area (Å²) in [6.45, 7) is 14.5. The first-order valence-corrected chi connectivity index (χ1v) is 8.00. The van der Waals surface area contributed by atoms with E-state index in [9.17, 15) is 0 Å². The Kier molecular flexibility index (Phi) is 4.71. The van der Waals surface area contributed by atoms with Crippen LogP contribution in [-0.2, 0) is 0 Å². The van der Waals surface area contributed by atoms with Crippen molar-refractivity contribution >= 4 is 0 Å². The van der Waals surface area contributed by atoms with Crippen LogP contribution in [0.3, 0.4) is 0 Å². The third-order valence-corrected chi connectivity index (χ3v) is 5.17. The van der Waals surface area contributed by atoms with Crippen LogP contribution >= 0.6 is 0 Å². The summed E-state index contributed by atoms with van der Waals surface area (Å²) in [5.41, 5.74) is 0.353. The van der Waals surface area contributed by atoms with Crippen LogP contribution in [0.1, 0.15) is 59.8 Å². The molecular formula is C16H32N2. The fraction of sp³-hybridized carbons (Fsp3) is 1.00. The SMILES string of the molecule is CCC1CCC(N2CCN(C(C)(C)C)CC2)CC1. The van der Waals surface area contributed by atoms with Gasteiger partial charge >= 0.3 is 0 Å². The van der Waals surface area contributed by atoms with Gasteiger partial charge in [-0.2, -0.15) is 0 Å². The number of nitrogens with zero attached hydrogens (tertiary/aromatic N) is 2. The molecule has 2 aliphatic rings. The number of piperazine rings is 1. The van der Waals surface area contributed by atoms with Crippen LogP contribution in [0.25, 0.3) is 0 Å². The second-order valence-electron chi connectivity index (χ2n) is 7.28. The zero-order valence-electron chi connectivity index (χ0n) is 12.9. The molecule has 2 fully saturated rings. The van der Waals surface area contributed by atoms with Crippen molar-refractivity contribution in [1.29, 1.82) is 0 Å². The summed E-state index contributed by atoms with van der Waals surface area (Å²) in [5.74, 6) is 1.03. The van der Waals surface area contributed by atoms with E-state index >= 15 is 0 Å². The molecule has 106 valence electrons. The molecule has 0 radical (unpaired) electrons. The molecule has 0 unspecified atom stereocenters. The van der Waals surface area contributed by atoms with E-state index in [0.717, 1.165) is 12.0 Å². The van der Waals surface area contributed by atoms with Crippen LogP contribution in [0.15, 0.2) is 0 Å². The van der Waals surface area contributed by atoms with Crippen molar-refractivity contribution in [2.24, 2.45) is 5.92 Å². The molecule has 0 atom stereocenters. The third-order valence-electron chi connectivity index (χ3n) is 5.17. The monoisotopic (exact) mass is 252 g/mol. The zero-order chi connectivity index (χ0) is 13.2. The average Bonchev–Trinajstić information content (AvgIpc) is 2.38. The van der Waals surface area contributed by atoms with E-state index in [1.54, 1.807) is 0 Å². The lowest BCUT2D eigenvalue weighted by atomic mass is 9.83. The first-order valence-electron chi connectivity index (χ1n) is 8.00. The summed E-state index contributed by atoms with van der Waals surface area (Å²) in [6.07, 6.45) is 7.24. The summed E-state index contributed by atoms with van der Waals surface area (Å²) in [6, 6.07) is 0.898. The largest absolute Gasteiger partial charge is 0.298 e. The van der Waals surface area contributed by atoms with Crippen molar-refractivity contribution in [3.63, 3.8) is 0 Å². The van der Waals surface area contributed by atoms with Crippen molar-refractivity contribution in [2.75, 3.05) is 26.2 Å². The third kappa shape index (κ3) is 3.48. The molecule has 1 aliphatic carbocycles. The Bertz CT molecular complexity index is 240. The van der Waals surface area contributed by atoms with Crippen molar-refractivity contribution in [1.82, 2.24) is 9.80 Å². The van der Waals surface area contributed by atoms with Gasteiger partial charge in [0.1, 0.15) is 0 Å². The first kappa shape index (κ1) is 14.3. The van der Waals surface area contributed by atoms with Gasteiger partial charge in [-0.15, -0.1) is 0 Å². The first-order chi connectivity index (χ1) is 8.50. The van der Waals surface area contributed by atoms with Gasteiger partial charge in [-0.3, -0.25) is 9.80 Å². The fourth-order valence-corrected chi connectivity index (χ4v) is 3.68. The van der Waals surface area contributed by atoms with Crippen LogP contribution in [-0.4, -0.2) is 47.6 Å². The molecule has 18 heavy (non-hydrogen) atoms. The minimum absolute atomic E-state index is 0.353.